The molecule has 0 aliphatic carbocycles. The molecule has 2 rings (SSSR count). The molecule has 0 saturated carbocycles. The van der Waals surface area contributed by atoms with E-state index < -0.39 is 28.3 Å². The monoisotopic (exact) mass is 426 g/mol. The third-order valence-electron chi connectivity index (χ3n) is 3.97. The molecule has 0 aromatic heterocycles. The zero-order chi connectivity index (χ0) is 21.4. The lowest BCUT2D eigenvalue weighted by atomic mass is 10.3. The summed E-state index contributed by atoms with van der Waals surface area (Å²) in [5, 5.41) is 2.57. The van der Waals surface area contributed by atoms with Crippen LogP contribution in [0.5, 0.6) is 11.5 Å². The highest BCUT2D eigenvalue weighted by Gasteiger charge is 2.28. The highest BCUT2D eigenvalue weighted by atomic mass is 32.2. The van der Waals surface area contributed by atoms with Crippen LogP contribution >= 0.6 is 0 Å². The van der Waals surface area contributed by atoms with E-state index in [9.17, 15) is 17.6 Å². The third kappa shape index (κ3) is 5.58. The van der Waals surface area contributed by atoms with Crippen LogP contribution in [0.1, 0.15) is 0 Å². The van der Waals surface area contributed by atoms with E-state index in [0.29, 0.717) is 5.75 Å². The smallest absolute Gasteiger partial charge is 0.264 e. The Bertz CT molecular complexity index is 934. The van der Waals surface area contributed by atoms with Gasteiger partial charge in [0.05, 0.1) is 31.4 Å². The first kappa shape index (κ1) is 22.4. The first-order chi connectivity index (χ1) is 13.8. The number of hydrogen-bond donors (Lipinski definition) is 1. The standard InChI is InChI=1S/C19H23FN2O6S/c1-26-11-10-21-19(23)13-22(15-6-4-14(20)5-7-15)29(24,25)16-8-9-17(27-2)18(12-16)28-3/h4-9,12H,10-11,13H2,1-3H3,(H,21,23). The SMILES string of the molecule is COCCNC(=O)CN(c1ccc(F)cc1)S(=O)(=O)c1ccc(OC)c(OC)c1. The van der Waals surface area contributed by atoms with Crippen LogP contribution in [0.3, 0.4) is 0 Å². The van der Waals surface area contributed by atoms with Gasteiger partial charge in [-0.15, -0.1) is 0 Å². The molecule has 0 spiro atoms. The van der Waals surface area contributed by atoms with Crippen molar-refractivity contribution in [3.8, 4) is 11.5 Å². The number of nitrogens with zero attached hydrogens (tertiary/aromatic N) is 1. The number of nitrogens with one attached hydrogen (secondary N) is 1. The van der Waals surface area contributed by atoms with Gasteiger partial charge in [-0.2, -0.15) is 0 Å². The molecule has 1 amide bonds. The summed E-state index contributed by atoms with van der Waals surface area (Å²) >= 11 is 0. The minimum Gasteiger partial charge on any atom is -0.493 e. The number of ether oxygens (including phenoxy) is 3. The Morgan fingerprint density at radius 2 is 1.69 bits per heavy atom. The normalized spacial score (nSPS) is 11.0. The predicted octanol–water partition coefficient (Wildman–Crippen LogP) is 1.80. The largest absolute Gasteiger partial charge is 0.493 e. The Balaban J connectivity index is 2.43. The van der Waals surface area contributed by atoms with E-state index in [1.807, 2.05) is 0 Å². The summed E-state index contributed by atoms with van der Waals surface area (Å²) in [5.41, 5.74) is 0.142. The molecule has 2 aromatic rings. The molecule has 0 unspecified atom stereocenters. The Morgan fingerprint density at radius 1 is 1.03 bits per heavy atom. The molecular weight excluding hydrogens is 403 g/mol. The first-order valence-corrected chi connectivity index (χ1v) is 10.0. The average Bonchev–Trinajstić information content (AvgIpc) is 2.72. The lowest BCUT2D eigenvalue weighted by Gasteiger charge is -2.24. The number of methoxy groups -OCH3 is 3. The average molecular weight is 426 g/mol. The number of carbonyl (C=O) groups is 1. The first-order valence-electron chi connectivity index (χ1n) is 8.59. The van der Waals surface area contributed by atoms with E-state index in [1.54, 1.807) is 0 Å². The van der Waals surface area contributed by atoms with Gasteiger partial charge in [0.1, 0.15) is 12.4 Å². The van der Waals surface area contributed by atoms with Crippen LogP contribution in [0, 0.1) is 5.82 Å². The van der Waals surface area contributed by atoms with Crippen molar-refractivity contribution in [1.82, 2.24) is 5.32 Å². The number of amides is 1. The molecule has 158 valence electrons. The van der Waals surface area contributed by atoms with Crippen molar-refractivity contribution < 1.29 is 31.8 Å². The molecule has 10 heteroatoms. The second kappa shape index (κ2) is 10.1. The molecule has 0 bridgehead atoms. The predicted molar refractivity (Wildman–Crippen MR) is 105 cm³/mol. The molecule has 0 heterocycles. The minimum atomic E-state index is -4.17. The molecule has 0 aliphatic heterocycles. The van der Waals surface area contributed by atoms with E-state index in [-0.39, 0.29) is 29.5 Å². The van der Waals surface area contributed by atoms with Crippen LogP contribution in [0.15, 0.2) is 47.4 Å². The van der Waals surface area contributed by atoms with Gasteiger partial charge < -0.3 is 19.5 Å². The number of anilines is 1. The van der Waals surface area contributed by atoms with E-state index in [4.69, 9.17) is 14.2 Å². The van der Waals surface area contributed by atoms with E-state index in [1.165, 1.54) is 51.7 Å². The fourth-order valence-corrected chi connectivity index (χ4v) is 3.94. The molecule has 29 heavy (non-hydrogen) atoms. The van der Waals surface area contributed by atoms with Gasteiger partial charge in [0.25, 0.3) is 10.0 Å². The maximum absolute atomic E-state index is 13.3. The quantitative estimate of drug-likeness (QED) is 0.583. The zero-order valence-electron chi connectivity index (χ0n) is 16.3. The van der Waals surface area contributed by atoms with Gasteiger partial charge >= 0.3 is 0 Å². The van der Waals surface area contributed by atoms with Crippen LogP contribution in [0.2, 0.25) is 0 Å². The fourth-order valence-electron chi connectivity index (χ4n) is 2.51. The van der Waals surface area contributed by atoms with Crippen molar-refractivity contribution in [2.24, 2.45) is 0 Å². The molecule has 0 saturated heterocycles. The van der Waals surface area contributed by atoms with E-state index in [2.05, 4.69) is 5.32 Å². The van der Waals surface area contributed by atoms with Crippen molar-refractivity contribution in [3.05, 3.63) is 48.3 Å². The topological polar surface area (TPSA) is 94.2 Å². The van der Waals surface area contributed by atoms with Gasteiger partial charge in [0, 0.05) is 19.7 Å². The summed E-state index contributed by atoms with van der Waals surface area (Å²) in [6.07, 6.45) is 0. The van der Waals surface area contributed by atoms with Crippen LogP contribution in [0.4, 0.5) is 10.1 Å². The van der Waals surface area contributed by atoms with Crippen molar-refractivity contribution in [1.29, 1.82) is 0 Å². The number of rotatable bonds is 10. The molecule has 1 N–H and O–H groups in total. The van der Waals surface area contributed by atoms with Crippen LogP contribution in [-0.2, 0) is 19.6 Å². The highest BCUT2D eigenvalue weighted by molar-refractivity contribution is 7.92. The van der Waals surface area contributed by atoms with Crippen LogP contribution in [0.25, 0.3) is 0 Å². The summed E-state index contributed by atoms with van der Waals surface area (Å²) in [4.78, 5) is 12.2. The highest BCUT2D eigenvalue weighted by Crippen LogP contribution is 2.32. The van der Waals surface area contributed by atoms with E-state index in [0.717, 1.165) is 16.4 Å². The van der Waals surface area contributed by atoms with Crippen molar-refractivity contribution in [2.75, 3.05) is 45.3 Å². The number of benzene rings is 2. The van der Waals surface area contributed by atoms with Gasteiger partial charge in [0.15, 0.2) is 11.5 Å². The second-order valence-corrected chi connectivity index (χ2v) is 7.71. The van der Waals surface area contributed by atoms with Gasteiger partial charge in [-0.05, 0) is 36.4 Å². The van der Waals surface area contributed by atoms with Crippen LogP contribution in [-0.4, -0.2) is 55.4 Å². The van der Waals surface area contributed by atoms with E-state index >= 15 is 0 Å². The van der Waals surface area contributed by atoms with Gasteiger partial charge in [0.2, 0.25) is 5.91 Å². The molecule has 2 aromatic carbocycles. The Kier molecular flexibility index (Phi) is 7.80. The van der Waals surface area contributed by atoms with Crippen molar-refractivity contribution in [3.63, 3.8) is 0 Å². The molecule has 0 aliphatic rings. The lowest BCUT2D eigenvalue weighted by molar-refractivity contribution is -0.119. The van der Waals surface area contributed by atoms with Gasteiger partial charge in [-0.25, -0.2) is 12.8 Å². The summed E-state index contributed by atoms with van der Waals surface area (Å²) in [6, 6.07) is 8.91. The number of sulfonamides is 1. The number of carbonyl (C=O) groups excluding carboxylic acids is 1. The molecule has 0 atom stereocenters. The third-order valence-corrected chi connectivity index (χ3v) is 5.74. The lowest BCUT2D eigenvalue weighted by Crippen LogP contribution is -2.41. The zero-order valence-corrected chi connectivity index (χ0v) is 17.2. The maximum atomic E-state index is 13.3. The van der Waals surface area contributed by atoms with Crippen LogP contribution < -0.4 is 19.1 Å². The van der Waals surface area contributed by atoms with Gasteiger partial charge in [-0.3, -0.25) is 9.10 Å². The Labute approximate surface area is 169 Å². The Morgan fingerprint density at radius 3 is 2.28 bits per heavy atom. The fraction of sp³-hybridized carbons (Fsp3) is 0.316. The minimum absolute atomic E-state index is 0.107. The van der Waals surface area contributed by atoms with Crippen molar-refractivity contribution in [2.45, 2.75) is 4.90 Å². The number of halogens is 1. The Hall–Kier alpha value is -2.85. The molecule has 8 nitrogen and oxygen atoms in total. The van der Waals surface area contributed by atoms with Crippen molar-refractivity contribution >= 4 is 21.6 Å². The molecule has 0 fully saturated rings. The summed E-state index contributed by atoms with van der Waals surface area (Å²) in [5.74, 6) is -0.480. The van der Waals surface area contributed by atoms with Gasteiger partial charge in [-0.1, -0.05) is 0 Å². The molecule has 0 radical (unpaired) electrons. The summed E-state index contributed by atoms with van der Waals surface area (Å²) < 4.78 is 56.0. The second-order valence-electron chi connectivity index (χ2n) is 5.85. The summed E-state index contributed by atoms with van der Waals surface area (Å²) in [6.45, 7) is 0.0136. The number of hydrogen-bond acceptors (Lipinski definition) is 6. The maximum Gasteiger partial charge on any atom is 0.264 e. The molecular formula is C19H23FN2O6S. The summed E-state index contributed by atoms with van der Waals surface area (Å²) in [7, 11) is 0.134.